The molecule has 0 aromatic heterocycles. The van der Waals surface area contributed by atoms with Gasteiger partial charge in [-0.1, -0.05) is 47.5 Å². The van der Waals surface area contributed by atoms with E-state index < -0.39 is 10.0 Å². The first-order chi connectivity index (χ1) is 11.4. The zero-order valence-electron chi connectivity index (χ0n) is 13.7. The molecule has 0 saturated carbocycles. The summed E-state index contributed by atoms with van der Waals surface area (Å²) in [5.41, 5.74) is 3.07. The van der Waals surface area contributed by atoms with Crippen LogP contribution in [0.1, 0.15) is 24.5 Å². The van der Waals surface area contributed by atoms with E-state index in [2.05, 4.69) is 6.08 Å². The van der Waals surface area contributed by atoms with Crippen LogP contribution in [-0.2, 0) is 10.0 Å². The fourth-order valence-corrected chi connectivity index (χ4v) is 4.60. The number of aryl methyl sites for hydroxylation is 1. The van der Waals surface area contributed by atoms with Gasteiger partial charge in [0.15, 0.2) is 0 Å². The average molecular weight is 362 g/mol. The highest BCUT2D eigenvalue weighted by Crippen LogP contribution is 2.29. The fourth-order valence-electron chi connectivity index (χ4n) is 2.86. The maximum Gasteiger partial charge on any atom is 0.243 e. The van der Waals surface area contributed by atoms with E-state index in [9.17, 15) is 8.42 Å². The van der Waals surface area contributed by atoms with Crippen LogP contribution in [0.3, 0.4) is 0 Å². The van der Waals surface area contributed by atoms with Gasteiger partial charge in [0.25, 0.3) is 0 Å². The summed E-state index contributed by atoms with van der Waals surface area (Å²) < 4.78 is 27.6. The second-order valence-corrected chi connectivity index (χ2v) is 8.51. The van der Waals surface area contributed by atoms with E-state index >= 15 is 0 Å². The molecule has 24 heavy (non-hydrogen) atoms. The van der Waals surface area contributed by atoms with Gasteiger partial charge in [0.1, 0.15) is 0 Å². The van der Waals surface area contributed by atoms with Crippen LogP contribution in [0.2, 0.25) is 5.02 Å². The zero-order valence-corrected chi connectivity index (χ0v) is 15.3. The lowest BCUT2D eigenvalue weighted by Crippen LogP contribution is -2.41. The maximum atomic E-state index is 13.0. The summed E-state index contributed by atoms with van der Waals surface area (Å²) in [5.74, 6) is 0. The molecule has 1 heterocycles. The SMILES string of the molecule is Cc1ccc(S(=O)(=O)N2CC(c3ccc(Cl)cc3)=CCC2C)cc1. The second kappa shape index (κ2) is 6.71. The lowest BCUT2D eigenvalue weighted by molar-refractivity contribution is 0.358. The Kier molecular flexibility index (Phi) is 4.81. The van der Waals surface area contributed by atoms with Crippen LogP contribution < -0.4 is 0 Å². The number of rotatable bonds is 3. The van der Waals surface area contributed by atoms with E-state index in [0.29, 0.717) is 22.9 Å². The van der Waals surface area contributed by atoms with Crippen molar-refractivity contribution in [1.29, 1.82) is 0 Å². The molecule has 3 nitrogen and oxygen atoms in total. The van der Waals surface area contributed by atoms with Gasteiger partial charge in [0.2, 0.25) is 10.0 Å². The molecule has 0 bridgehead atoms. The van der Waals surface area contributed by atoms with Crippen molar-refractivity contribution in [1.82, 2.24) is 4.31 Å². The number of sulfonamides is 1. The van der Waals surface area contributed by atoms with Crippen LogP contribution in [0.4, 0.5) is 0 Å². The van der Waals surface area contributed by atoms with Crippen molar-refractivity contribution >= 4 is 27.2 Å². The molecule has 5 heteroatoms. The third kappa shape index (κ3) is 3.41. The van der Waals surface area contributed by atoms with Crippen molar-refractivity contribution in [2.45, 2.75) is 31.2 Å². The third-order valence-electron chi connectivity index (χ3n) is 4.37. The topological polar surface area (TPSA) is 37.4 Å². The molecule has 0 amide bonds. The van der Waals surface area contributed by atoms with Crippen LogP contribution >= 0.6 is 11.6 Å². The summed E-state index contributed by atoms with van der Waals surface area (Å²) in [5, 5.41) is 0.674. The normalized spacial score (nSPS) is 19.1. The van der Waals surface area contributed by atoms with Gasteiger partial charge >= 0.3 is 0 Å². The fraction of sp³-hybridized carbons (Fsp3) is 0.263. The Morgan fingerprint density at radius 1 is 1.04 bits per heavy atom. The molecule has 1 aliphatic rings. The molecule has 1 atom stereocenters. The van der Waals surface area contributed by atoms with E-state index in [1.807, 2.05) is 50.2 Å². The summed E-state index contributed by atoms with van der Waals surface area (Å²) in [7, 11) is -3.51. The monoisotopic (exact) mass is 361 g/mol. The first-order valence-electron chi connectivity index (χ1n) is 7.91. The highest BCUT2D eigenvalue weighted by Gasteiger charge is 2.31. The highest BCUT2D eigenvalue weighted by atomic mass is 35.5. The summed E-state index contributed by atoms with van der Waals surface area (Å²) in [6.45, 7) is 4.27. The van der Waals surface area contributed by atoms with Gasteiger partial charge in [-0.15, -0.1) is 0 Å². The van der Waals surface area contributed by atoms with E-state index in [4.69, 9.17) is 11.6 Å². The van der Waals surface area contributed by atoms with Crippen LogP contribution in [0, 0.1) is 6.92 Å². The number of halogens is 1. The Morgan fingerprint density at radius 2 is 1.67 bits per heavy atom. The molecule has 0 radical (unpaired) electrons. The standard InChI is InChI=1S/C19H20ClNO2S/c1-14-3-11-19(12-4-14)24(22,23)21-13-17(6-5-15(21)2)16-7-9-18(20)10-8-16/h3-4,6-12,15H,5,13H2,1-2H3. The first-order valence-corrected chi connectivity index (χ1v) is 9.73. The Bertz CT molecular complexity index is 855. The van der Waals surface area contributed by atoms with E-state index in [1.54, 1.807) is 16.4 Å². The Balaban J connectivity index is 1.92. The van der Waals surface area contributed by atoms with Crippen LogP contribution in [0.15, 0.2) is 59.5 Å². The van der Waals surface area contributed by atoms with E-state index in [0.717, 1.165) is 16.7 Å². The van der Waals surface area contributed by atoms with Crippen molar-refractivity contribution < 1.29 is 8.42 Å². The molecule has 1 unspecified atom stereocenters. The van der Waals surface area contributed by atoms with Gasteiger partial charge in [0.05, 0.1) is 4.90 Å². The zero-order chi connectivity index (χ0) is 17.3. The van der Waals surface area contributed by atoms with Crippen molar-refractivity contribution in [3.63, 3.8) is 0 Å². The number of hydrogen-bond acceptors (Lipinski definition) is 2. The summed E-state index contributed by atoms with van der Waals surface area (Å²) in [6.07, 6.45) is 2.82. The van der Waals surface area contributed by atoms with Crippen LogP contribution in [-0.4, -0.2) is 25.3 Å². The van der Waals surface area contributed by atoms with Crippen LogP contribution in [0.5, 0.6) is 0 Å². The molecular weight excluding hydrogens is 342 g/mol. The molecule has 2 aromatic carbocycles. The van der Waals surface area contributed by atoms with Crippen molar-refractivity contribution in [3.05, 3.63) is 70.8 Å². The predicted molar refractivity (Wildman–Crippen MR) is 98.6 cm³/mol. The third-order valence-corrected chi connectivity index (χ3v) is 6.59. The van der Waals surface area contributed by atoms with Crippen LogP contribution in [0.25, 0.3) is 5.57 Å². The molecule has 1 aliphatic heterocycles. The maximum absolute atomic E-state index is 13.0. The van der Waals surface area contributed by atoms with Gasteiger partial charge < -0.3 is 0 Å². The smallest absolute Gasteiger partial charge is 0.207 e. The van der Waals surface area contributed by atoms with Gasteiger partial charge in [-0.3, -0.25) is 0 Å². The van der Waals surface area contributed by atoms with E-state index in [-0.39, 0.29) is 6.04 Å². The lowest BCUT2D eigenvalue weighted by Gasteiger charge is -2.32. The Labute approximate surface area is 148 Å². The Hall–Kier alpha value is -1.62. The van der Waals surface area contributed by atoms with Gasteiger partial charge in [-0.2, -0.15) is 4.31 Å². The number of nitrogens with zero attached hydrogens (tertiary/aromatic N) is 1. The molecular formula is C19H20ClNO2S. The van der Waals surface area contributed by atoms with E-state index in [1.165, 1.54) is 0 Å². The minimum absolute atomic E-state index is 0.0626. The molecule has 0 N–H and O–H groups in total. The molecule has 0 fully saturated rings. The van der Waals surface area contributed by atoms with Gasteiger partial charge in [0, 0.05) is 17.6 Å². The lowest BCUT2D eigenvalue weighted by atomic mass is 10.00. The molecule has 2 aromatic rings. The Morgan fingerprint density at radius 3 is 2.29 bits per heavy atom. The predicted octanol–water partition coefficient (Wildman–Crippen LogP) is 4.51. The van der Waals surface area contributed by atoms with Crippen molar-refractivity contribution in [3.8, 4) is 0 Å². The number of benzene rings is 2. The minimum atomic E-state index is -3.51. The largest absolute Gasteiger partial charge is 0.243 e. The summed E-state index contributed by atoms with van der Waals surface area (Å²) >= 11 is 5.94. The minimum Gasteiger partial charge on any atom is -0.207 e. The molecule has 3 rings (SSSR count). The molecule has 126 valence electrons. The number of hydrogen-bond donors (Lipinski definition) is 0. The van der Waals surface area contributed by atoms with Crippen molar-refractivity contribution in [2.75, 3.05) is 6.54 Å². The summed E-state index contributed by atoms with van der Waals surface area (Å²) in [4.78, 5) is 0.345. The molecule has 0 aliphatic carbocycles. The van der Waals surface area contributed by atoms with Gasteiger partial charge in [-0.25, -0.2) is 8.42 Å². The average Bonchev–Trinajstić information content (AvgIpc) is 2.56. The molecule has 0 spiro atoms. The second-order valence-electron chi connectivity index (χ2n) is 6.18. The summed E-state index contributed by atoms with van der Waals surface area (Å²) in [6, 6.07) is 14.5. The van der Waals surface area contributed by atoms with Crippen molar-refractivity contribution in [2.24, 2.45) is 0 Å². The van der Waals surface area contributed by atoms with Gasteiger partial charge in [-0.05, 0) is 55.7 Å². The molecule has 0 saturated heterocycles. The first kappa shape index (κ1) is 17.2. The quantitative estimate of drug-likeness (QED) is 0.806. The highest BCUT2D eigenvalue weighted by molar-refractivity contribution is 7.89.